The molecule has 1 N–H and O–H groups in total. The van der Waals surface area contributed by atoms with Gasteiger partial charge in [-0.2, -0.15) is 0 Å². The number of rotatable bonds is 5. The van der Waals surface area contributed by atoms with Gasteiger partial charge >= 0.3 is 0 Å². The van der Waals surface area contributed by atoms with Crippen LogP contribution in [0.15, 0.2) is 41.0 Å². The second kappa shape index (κ2) is 5.69. The molecule has 1 amide bonds. The Bertz CT molecular complexity index is 592. The number of amides is 1. The lowest BCUT2D eigenvalue weighted by Gasteiger charge is -2.05. The van der Waals surface area contributed by atoms with Gasteiger partial charge in [-0.3, -0.25) is 4.79 Å². The molecule has 5 nitrogen and oxygen atoms in total. The Hall–Kier alpha value is -2.43. The normalized spacial score (nSPS) is 12.4. The first-order valence-corrected chi connectivity index (χ1v) is 6.49. The maximum atomic E-state index is 11.7. The fraction of sp³-hybridized carbons (Fsp3) is 0.267. The van der Waals surface area contributed by atoms with Crippen LogP contribution >= 0.6 is 0 Å². The topological polar surface area (TPSA) is 60.7 Å². The number of fused-ring (bicyclic) bond motifs is 1. The van der Waals surface area contributed by atoms with E-state index in [4.69, 9.17) is 13.9 Å². The smallest absolute Gasteiger partial charge is 0.231 e. The van der Waals surface area contributed by atoms with Crippen molar-refractivity contribution in [3.8, 4) is 11.5 Å². The molecule has 3 rings (SSSR count). The summed E-state index contributed by atoms with van der Waals surface area (Å²) in [5.41, 5.74) is 1.10. The van der Waals surface area contributed by atoms with Gasteiger partial charge in [0.25, 0.3) is 0 Å². The van der Waals surface area contributed by atoms with Crippen molar-refractivity contribution in [2.75, 3.05) is 13.3 Å². The van der Waals surface area contributed by atoms with Crippen LogP contribution in [0.1, 0.15) is 11.3 Å². The molecule has 5 heteroatoms. The Morgan fingerprint density at radius 3 is 2.95 bits per heavy atom. The molecule has 0 atom stereocenters. The van der Waals surface area contributed by atoms with Gasteiger partial charge in [-0.05, 0) is 36.2 Å². The monoisotopic (exact) mass is 273 g/mol. The molecule has 1 aromatic carbocycles. The predicted molar refractivity (Wildman–Crippen MR) is 71.7 cm³/mol. The van der Waals surface area contributed by atoms with Gasteiger partial charge in [0.2, 0.25) is 12.7 Å². The van der Waals surface area contributed by atoms with Gasteiger partial charge in [-0.25, -0.2) is 0 Å². The molecule has 0 bridgehead atoms. The largest absolute Gasteiger partial charge is 0.469 e. The lowest BCUT2D eigenvalue weighted by Crippen LogP contribution is -2.27. The highest BCUT2D eigenvalue weighted by Gasteiger charge is 2.13. The Balaban J connectivity index is 1.46. The molecule has 1 aliphatic rings. The minimum Gasteiger partial charge on any atom is -0.469 e. The first kappa shape index (κ1) is 12.6. The number of carbonyl (C=O) groups excluding carboxylic acids is 1. The van der Waals surface area contributed by atoms with Crippen molar-refractivity contribution in [2.45, 2.75) is 12.8 Å². The van der Waals surface area contributed by atoms with Gasteiger partial charge in [0.1, 0.15) is 5.76 Å². The minimum atomic E-state index is -0.0410. The van der Waals surface area contributed by atoms with Crippen LogP contribution in [0.5, 0.6) is 11.5 Å². The lowest BCUT2D eigenvalue weighted by atomic mass is 10.1. The number of ether oxygens (including phenoxy) is 2. The van der Waals surface area contributed by atoms with Crippen LogP contribution in [0.2, 0.25) is 0 Å². The molecular weight excluding hydrogens is 258 g/mol. The maximum absolute atomic E-state index is 11.7. The highest BCUT2D eigenvalue weighted by molar-refractivity contribution is 5.77. The van der Waals surface area contributed by atoms with Crippen LogP contribution in [0.3, 0.4) is 0 Å². The van der Waals surface area contributed by atoms with E-state index >= 15 is 0 Å². The second-order valence-electron chi connectivity index (χ2n) is 4.54. The van der Waals surface area contributed by atoms with Crippen molar-refractivity contribution in [3.63, 3.8) is 0 Å². The molecule has 0 unspecified atom stereocenters. The number of furan rings is 1. The third-order valence-corrected chi connectivity index (χ3v) is 3.09. The summed E-state index contributed by atoms with van der Waals surface area (Å²) < 4.78 is 15.7. The zero-order valence-corrected chi connectivity index (χ0v) is 10.9. The van der Waals surface area contributed by atoms with Crippen LogP contribution in [0.4, 0.5) is 0 Å². The van der Waals surface area contributed by atoms with Gasteiger partial charge < -0.3 is 19.2 Å². The number of nitrogens with one attached hydrogen (secondary N) is 1. The van der Waals surface area contributed by atoms with E-state index in [9.17, 15) is 4.79 Å². The summed E-state index contributed by atoms with van der Waals surface area (Å²) in [7, 11) is 0. The summed E-state index contributed by atoms with van der Waals surface area (Å²) in [4.78, 5) is 11.7. The molecule has 20 heavy (non-hydrogen) atoms. The van der Waals surface area contributed by atoms with Crippen molar-refractivity contribution >= 4 is 5.91 Å². The summed E-state index contributed by atoms with van der Waals surface area (Å²) in [6.07, 6.45) is 2.59. The van der Waals surface area contributed by atoms with Crippen LogP contribution in [-0.4, -0.2) is 19.2 Å². The Morgan fingerprint density at radius 1 is 1.20 bits per heavy atom. The first-order chi connectivity index (χ1) is 9.81. The highest BCUT2D eigenvalue weighted by Crippen LogP contribution is 2.32. The van der Waals surface area contributed by atoms with Crippen LogP contribution in [0.25, 0.3) is 0 Å². The average molecular weight is 273 g/mol. The highest BCUT2D eigenvalue weighted by atomic mass is 16.7. The predicted octanol–water partition coefficient (Wildman–Crippen LogP) is 1.91. The zero-order chi connectivity index (χ0) is 13.8. The summed E-state index contributed by atoms with van der Waals surface area (Å²) in [5.74, 6) is 2.17. The molecule has 0 aliphatic carbocycles. The van der Waals surface area contributed by atoms with E-state index in [1.54, 1.807) is 18.4 Å². The molecular formula is C15H15NO4. The van der Waals surface area contributed by atoms with E-state index in [2.05, 4.69) is 5.32 Å². The van der Waals surface area contributed by atoms with Gasteiger partial charge in [0, 0.05) is 6.54 Å². The second-order valence-corrected chi connectivity index (χ2v) is 4.54. The molecule has 2 aromatic rings. The van der Waals surface area contributed by atoms with E-state index in [1.165, 1.54) is 0 Å². The summed E-state index contributed by atoms with van der Waals surface area (Å²) in [5, 5.41) is 2.87. The average Bonchev–Trinajstić information content (AvgIpc) is 3.09. The van der Waals surface area contributed by atoms with Crippen LogP contribution in [-0.2, 0) is 17.6 Å². The standard InChI is InChI=1S/C15H15NO4/c17-15(9-12-2-1-7-18-12)16-6-5-11-3-4-13-14(8-11)20-10-19-13/h1-4,7-8H,5-6,9-10H2,(H,16,17). The summed E-state index contributed by atoms with van der Waals surface area (Å²) in [6, 6.07) is 9.38. The summed E-state index contributed by atoms with van der Waals surface area (Å²) in [6.45, 7) is 0.859. The Morgan fingerprint density at radius 2 is 2.10 bits per heavy atom. The van der Waals surface area contributed by atoms with E-state index < -0.39 is 0 Å². The number of carbonyl (C=O) groups is 1. The molecule has 2 heterocycles. The summed E-state index contributed by atoms with van der Waals surface area (Å²) >= 11 is 0. The lowest BCUT2D eigenvalue weighted by molar-refractivity contribution is -0.120. The molecule has 1 aromatic heterocycles. The third kappa shape index (κ3) is 2.93. The van der Waals surface area contributed by atoms with Gasteiger partial charge in [0.15, 0.2) is 11.5 Å². The Kier molecular flexibility index (Phi) is 3.58. The van der Waals surface area contributed by atoms with Crippen molar-refractivity contribution < 1.29 is 18.7 Å². The van der Waals surface area contributed by atoms with E-state index in [-0.39, 0.29) is 19.1 Å². The molecule has 0 radical (unpaired) electrons. The number of benzene rings is 1. The zero-order valence-electron chi connectivity index (χ0n) is 10.9. The SMILES string of the molecule is O=C(Cc1ccco1)NCCc1ccc2c(c1)OCO2. The van der Waals surface area contributed by atoms with Crippen LogP contribution in [0, 0.1) is 0 Å². The van der Waals surface area contributed by atoms with Crippen molar-refractivity contribution in [3.05, 3.63) is 47.9 Å². The number of hydrogen-bond acceptors (Lipinski definition) is 4. The van der Waals surface area contributed by atoms with E-state index in [1.807, 2.05) is 18.2 Å². The quantitative estimate of drug-likeness (QED) is 0.904. The van der Waals surface area contributed by atoms with Gasteiger partial charge in [-0.1, -0.05) is 6.07 Å². The van der Waals surface area contributed by atoms with Crippen molar-refractivity contribution in [2.24, 2.45) is 0 Å². The Labute approximate surface area is 116 Å². The number of hydrogen-bond donors (Lipinski definition) is 1. The molecule has 0 saturated carbocycles. The third-order valence-electron chi connectivity index (χ3n) is 3.09. The maximum Gasteiger partial charge on any atom is 0.231 e. The molecule has 0 saturated heterocycles. The van der Waals surface area contributed by atoms with E-state index in [0.29, 0.717) is 12.3 Å². The minimum absolute atomic E-state index is 0.0410. The molecule has 0 fully saturated rings. The molecule has 0 spiro atoms. The molecule has 1 aliphatic heterocycles. The fourth-order valence-corrected chi connectivity index (χ4v) is 2.08. The van der Waals surface area contributed by atoms with Crippen LogP contribution < -0.4 is 14.8 Å². The first-order valence-electron chi connectivity index (χ1n) is 6.49. The molecule has 104 valence electrons. The van der Waals surface area contributed by atoms with Crippen molar-refractivity contribution in [1.82, 2.24) is 5.32 Å². The van der Waals surface area contributed by atoms with E-state index in [0.717, 1.165) is 23.5 Å². The fourth-order valence-electron chi connectivity index (χ4n) is 2.08. The van der Waals surface area contributed by atoms with Gasteiger partial charge in [0.05, 0.1) is 12.7 Å². The van der Waals surface area contributed by atoms with Gasteiger partial charge in [-0.15, -0.1) is 0 Å². The van der Waals surface area contributed by atoms with Crippen molar-refractivity contribution in [1.29, 1.82) is 0 Å².